The Bertz CT molecular complexity index is 302. The Balaban J connectivity index is 2.52. The van der Waals surface area contributed by atoms with Crippen LogP contribution in [0, 0.1) is 0 Å². The zero-order chi connectivity index (χ0) is 8.72. The van der Waals surface area contributed by atoms with Gasteiger partial charge in [0.1, 0.15) is 0 Å². The summed E-state index contributed by atoms with van der Waals surface area (Å²) in [5, 5.41) is 5.00. The summed E-state index contributed by atoms with van der Waals surface area (Å²) >= 11 is 6.03. The fourth-order valence-corrected chi connectivity index (χ4v) is 2.31. The van der Waals surface area contributed by atoms with E-state index in [1.807, 2.05) is 0 Å². The molecule has 0 bridgehead atoms. The van der Waals surface area contributed by atoms with E-state index in [0.29, 0.717) is 11.1 Å². The van der Waals surface area contributed by atoms with E-state index in [1.165, 1.54) is 17.7 Å². The Morgan fingerprint density at radius 3 is 2.92 bits per heavy atom. The summed E-state index contributed by atoms with van der Waals surface area (Å²) in [7, 11) is 0. The first-order valence-electron chi connectivity index (χ1n) is 4.45. The molecule has 0 N–H and O–H groups in total. The smallest absolute Gasteiger partial charge is 0.154 e. The molecule has 0 saturated heterocycles. The van der Waals surface area contributed by atoms with Crippen LogP contribution < -0.4 is 0 Å². The molecular weight excluding hydrogens is 172 g/mol. The van der Waals surface area contributed by atoms with Crippen molar-refractivity contribution in [2.45, 2.75) is 39.2 Å². The van der Waals surface area contributed by atoms with Crippen LogP contribution in [0.25, 0.3) is 0 Å². The molecule has 0 amide bonds. The van der Waals surface area contributed by atoms with E-state index in [2.05, 4.69) is 23.6 Å². The number of aromatic nitrogens is 2. The first-order chi connectivity index (χ1) is 5.70. The van der Waals surface area contributed by atoms with E-state index < -0.39 is 0 Å². The predicted molar refractivity (Wildman–Crippen MR) is 49.6 cm³/mol. The van der Waals surface area contributed by atoms with Gasteiger partial charge in [-0.15, -0.1) is 0 Å². The lowest BCUT2D eigenvalue weighted by atomic mass is 10.0. The van der Waals surface area contributed by atoms with Crippen molar-refractivity contribution in [2.24, 2.45) is 0 Å². The van der Waals surface area contributed by atoms with Crippen molar-refractivity contribution < 1.29 is 0 Å². The van der Waals surface area contributed by atoms with Crippen LogP contribution in [-0.4, -0.2) is 9.78 Å². The zero-order valence-electron chi connectivity index (χ0n) is 7.47. The summed E-state index contributed by atoms with van der Waals surface area (Å²) in [6.07, 6.45) is 2.37. The molecule has 0 aliphatic carbocycles. The number of halogens is 1. The van der Waals surface area contributed by atoms with E-state index >= 15 is 0 Å². The van der Waals surface area contributed by atoms with Crippen molar-refractivity contribution in [3.8, 4) is 0 Å². The standard InChI is InChI=1S/C9H13ClN2/c1-6(2)8-7-4-3-5-12(7)11-9(8)10/h6H,3-5H2,1-2H3. The molecule has 1 aliphatic heterocycles. The minimum absolute atomic E-state index is 0.499. The number of nitrogens with zero attached hydrogens (tertiary/aromatic N) is 2. The van der Waals surface area contributed by atoms with Crippen molar-refractivity contribution in [3.63, 3.8) is 0 Å². The highest BCUT2D eigenvalue weighted by Gasteiger charge is 2.21. The van der Waals surface area contributed by atoms with E-state index in [0.717, 1.165) is 13.0 Å². The van der Waals surface area contributed by atoms with Gasteiger partial charge in [-0.05, 0) is 18.8 Å². The van der Waals surface area contributed by atoms with Crippen LogP contribution in [0.15, 0.2) is 0 Å². The van der Waals surface area contributed by atoms with E-state index in [9.17, 15) is 0 Å². The summed E-state index contributed by atoms with van der Waals surface area (Å²) in [5.41, 5.74) is 2.61. The summed E-state index contributed by atoms with van der Waals surface area (Å²) in [6, 6.07) is 0. The minimum Gasteiger partial charge on any atom is -0.268 e. The monoisotopic (exact) mass is 184 g/mol. The molecule has 0 atom stereocenters. The van der Waals surface area contributed by atoms with Gasteiger partial charge >= 0.3 is 0 Å². The SMILES string of the molecule is CC(C)c1c(Cl)nn2c1CCC2. The molecule has 1 aliphatic rings. The molecular formula is C9H13ClN2. The third-order valence-corrected chi connectivity index (χ3v) is 2.69. The average molecular weight is 185 g/mol. The van der Waals surface area contributed by atoms with E-state index in [1.54, 1.807) is 0 Å². The van der Waals surface area contributed by atoms with E-state index in [-0.39, 0.29) is 0 Å². The van der Waals surface area contributed by atoms with Gasteiger partial charge in [0, 0.05) is 17.8 Å². The average Bonchev–Trinajstić information content (AvgIpc) is 2.44. The zero-order valence-corrected chi connectivity index (χ0v) is 8.23. The highest BCUT2D eigenvalue weighted by molar-refractivity contribution is 6.30. The van der Waals surface area contributed by atoms with Crippen LogP contribution in [0.2, 0.25) is 5.15 Å². The molecule has 1 aromatic heterocycles. The van der Waals surface area contributed by atoms with Crippen LogP contribution in [0.3, 0.4) is 0 Å². The van der Waals surface area contributed by atoms with Gasteiger partial charge in [0.2, 0.25) is 0 Å². The molecule has 1 aromatic rings. The molecule has 0 spiro atoms. The Morgan fingerprint density at radius 1 is 1.50 bits per heavy atom. The lowest BCUT2D eigenvalue weighted by Crippen LogP contribution is -1.95. The van der Waals surface area contributed by atoms with Crippen LogP contribution in [0.4, 0.5) is 0 Å². The van der Waals surface area contributed by atoms with Gasteiger partial charge in [0.05, 0.1) is 0 Å². The largest absolute Gasteiger partial charge is 0.268 e. The summed E-state index contributed by atoms with van der Waals surface area (Å²) in [6.45, 7) is 5.38. The van der Waals surface area contributed by atoms with Crippen LogP contribution in [0.1, 0.15) is 37.4 Å². The second-order valence-electron chi connectivity index (χ2n) is 3.63. The topological polar surface area (TPSA) is 17.8 Å². The number of aryl methyl sites for hydroxylation is 1. The maximum Gasteiger partial charge on any atom is 0.154 e. The number of rotatable bonds is 1. The van der Waals surface area contributed by atoms with Crippen molar-refractivity contribution in [1.29, 1.82) is 0 Å². The third kappa shape index (κ3) is 1.06. The van der Waals surface area contributed by atoms with Crippen molar-refractivity contribution in [2.75, 3.05) is 0 Å². The second kappa shape index (κ2) is 2.77. The van der Waals surface area contributed by atoms with Gasteiger partial charge in [0.15, 0.2) is 5.15 Å². The highest BCUT2D eigenvalue weighted by Crippen LogP contribution is 2.30. The number of fused-ring (bicyclic) bond motifs is 1. The predicted octanol–water partition coefficient (Wildman–Crippen LogP) is 2.61. The Labute approximate surface area is 77.5 Å². The third-order valence-electron chi connectivity index (χ3n) is 2.41. The fraction of sp³-hybridized carbons (Fsp3) is 0.667. The van der Waals surface area contributed by atoms with Gasteiger partial charge in [-0.2, -0.15) is 5.10 Å². The van der Waals surface area contributed by atoms with Gasteiger partial charge in [-0.3, -0.25) is 4.68 Å². The normalized spacial score (nSPS) is 15.7. The molecule has 0 aromatic carbocycles. The van der Waals surface area contributed by atoms with Gasteiger partial charge in [-0.25, -0.2) is 0 Å². The molecule has 0 saturated carbocycles. The van der Waals surface area contributed by atoms with E-state index in [4.69, 9.17) is 11.6 Å². The van der Waals surface area contributed by atoms with Gasteiger partial charge in [0.25, 0.3) is 0 Å². The Hall–Kier alpha value is -0.500. The lowest BCUT2D eigenvalue weighted by Gasteiger charge is -2.03. The van der Waals surface area contributed by atoms with Crippen molar-refractivity contribution in [1.82, 2.24) is 9.78 Å². The summed E-state index contributed by atoms with van der Waals surface area (Å²) in [5.74, 6) is 0.499. The Kier molecular flexibility index (Phi) is 1.87. The number of hydrogen-bond acceptors (Lipinski definition) is 1. The highest BCUT2D eigenvalue weighted by atomic mass is 35.5. The van der Waals surface area contributed by atoms with Crippen LogP contribution in [0.5, 0.6) is 0 Å². The molecule has 2 rings (SSSR count). The summed E-state index contributed by atoms with van der Waals surface area (Å²) < 4.78 is 2.05. The molecule has 3 heteroatoms. The van der Waals surface area contributed by atoms with Crippen LogP contribution in [-0.2, 0) is 13.0 Å². The quantitative estimate of drug-likeness (QED) is 0.656. The maximum absolute atomic E-state index is 6.03. The molecule has 0 fully saturated rings. The second-order valence-corrected chi connectivity index (χ2v) is 3.99. The summed E-state index contributed by atoms with van der Waals surface area (Å²) in [4.78, 5) is 0. The molecule has 0 radical (unpaired) electrons. The number of hydrogen-bond donors (Lipinski definition) is 0. The minimum atomic E-state index is 0.499. The van der Waals surface area contributed by atoms with Gasteiger partial charge < -0.3 is 0 Å². The van der Waals surface area contributed by atoms with Crippen molar-refractivity contribution >= 4 is 11.6 Å². The lowest BCUT2D eigenvalue weighted by molar-refractivity contribution is 0.657. The first-order valence-corrected chi connectivity index (χ1v) is 4.83. The molecule has 12 heavy (non-hydrogen) atoms. The fourth-order valence-electron chi connectivity index (χ4n) is 1.89. The first kappa shape index (κ1) is 8.11. The molecule has 2 heterocycles. The van der Waals surface area contributed by atoms with Gasteiger partial charge in [-0.1, -0.05) is 25.4 Å². The van der Waals surface area contributed by atoms with Crippen molar-refractivity contribution in [3.05, 3.63) is 16.4 Å². The molecule has 0 unspecified atom stereocenters. The Morgan fingerprint density at radius 2 is 2.25 bits per heavy atom. The maximum atomic E-state index is 6.03. The van der Waals surface area contributed by atoms with Crippen LogP contribution >= 0.6 is 11.6 Å². The molecule has 2 nitrogen and oxygen atoms in total. The molecule has 66 valence electrons.